The molecule has 0 spiro atoms. The molecule has 0 aromatic carbocycles. The molecule has 0 atom stereocenters. The standard InChI is InChI=1S/C13H24OSi3/c1-9-17(14-2,12-10-15(3,4)5)13-11-16(6,7)8/h9H,1H2,2-8H3. The smallest absolute Gasteiger partial charge is 0.377 e. The summed E-state index contributed by atoms with van der Waals surface area (Å²) < 4.78 is 5.60. The van der Waals surface area contributed by atoms with Crippen molar-refractivity contribution in [3.05, 3.63) is 12.3 Å². The normalized spacial score (nSPS) is 11.9. The highest BCUT2D eigenvalue weighted by molar-refractivity contribution is 6.96. The van der Waals surface area contributed by atoms with Gasteiger partial charge in [0.1, 0.15) is 16.1 Å². The molecule has 1 nitrogen and oxygen atoms in total. The first-order valence-corrected chi connectivity index (χ1v) is 14.8. The highest BCUT2D eigenvalue weighted by Crippen LogP contribution is 2.06. The molecule has 0 aliphatic heterocycles. The molecule has 0 saturated heterocycles. The van der Waals surface area contributed by atoms with Crippen molar-refractivity contribution in [2.24, 2.45) is 0 Å². The highest BCUT2D eigenvalue weighted by Gasteiger charge is 2.27. The quantitative estimate of drug-likeness (QED) is 0.558. The van der Waals surface area contributed by atoms with E-state index >= 15 is 0 Å². The Kier molecular flexibility index (Phi) is 5.70. The van der Waals surface area contributed by atoms with Crippen LogP contribution in [0.2, 0.25) is 39.3 Å². The van der Waals surface area contributed by atoms with Crippen molar-refractivity contribution in [1.82, 2.24) is 0 Å². The summed E-state index contributed by atoms with van der Waals surface area (Å²) in [5.74, 6) is 0. The van der Waals surface area contributed by atoms with E-state index in [2.05, 4.69) is 68.0 Å². The second-order valence-electron chi connectivity index (χ2n) is 6.14. The summed E-state index contributed by atoms with van der Waals surface area (Å²) >= 11 is 0. The first-order chi connectivity index (χ1) is 7.54. The SMILES string of the molecule is C=C[Si](C#C[Si](C)(C)C)(C#C[Si](C)(C)C)OC. The first-order valence-electron chi connectivity index (χ1n) is 5.81. The molecule has 0 aromatic rings. The maximum absolute atomic E-state index is 5.60. The summed E-state index contributed by atoms with van der Waals surface area (Å²) in [7, 11) is -3.42. The third-order valence-electron chi connectivity index (χ3n) is 1.86. The van der Waals surface area contributed by atoms with E-state index in [0.717, 1.165) is 0 Å². The van der Waals surface area contributed by atoms with Crippen LogP contribution in [-0.2, 0) is 4.43 Å². The fraction of sp³-hybridized carbons (Fsp3) is 0.538. The van der Waals surface area contributed by atoms with Crippen LogP contribution in [0.1, 0.15) is 0 Å². The van der Waals surface area contributed by atoms with E-state index in [9.17, 15) is 0 Å². The van der Waals surface area contributed by atoms with E-state index in [1.165, 1.54) is 0 Å². The second kappa shape index (κ2) is 5.88. The summed E-state index contributed by atoms with van der Waals surface area (Å²) in [5, 5.41) is 0. The number of hydrogen-bond donors (Lipinski definition) is 0. The molecule has 17 heavy (non-hydrogen) atoms. The minimum Gasteiger partial charge on any atom is -0.397 e. The average molecular weight is 281 g/mol. The van der Waals surface area contributed by atoms with Crippen molar-refractivity contribution in [3.63, 3.8) is 0 Å². The van der Waals surface area contributed by atoms with Gasteiger partial charge in [0.25, 0.3) is 0 Å². The molecule has 4 heteroatoms. The Bertz CT molecular complexity index is 359. The van der Waals surface area contributed by atoms with E-state index in [1.54, 1.807) is 7.11 Å². The predicted octanol–water partition coefficient (Wildman–Crippen LogP) is 3.14. The monoisotopic (exact) mass is 280 g/mol. The van der Waals surface area contributed by atoms with Crippen molar-refractivity contribution >= 4 is 24.5 Å². The molecule has 0 amide bonds. The van der Waals surface area contributed by atoms with Crippen LogP contribution in [-0.4, -0.2) is 31.6 Å². The van der Waals surface area contributed by atoms with Crippen LogP contribution in [0, 0.1) is 22.2 Å². The molecular formula is C13H24OSi3. The Morgan fingerprint density at radius 1 is 0.824 bits per heavy atom. The van der Waals surface area contributed by atoms with Gasteiger partial charge in [0.05, 0.1) is 0 Å². The fourth-order valence-electron chi connectivity index (χ4n) is 0.879. The van der Waals surface area contributed by atoms with Gasteiger partial charge in [-0.15, -0.1) is 17.7 Å². The van der Waals surface area contributed by atoms with E-state index < -0.39 is 24.5 Å². The molecule has 0 unspecified atom stereocenters. The third kappa shape index (κ3) is 7.40. The largest absolute Gasteiger partial charge is 0.397 e. The lowest BCUT2D eigenvalue weighted by Gasteiger charge is -2.15. The van der Waals surface area contributed by atoms with Crippen LogP contribution in [0.25, 0.3) is 0 Å². The number of hydrogen-bond acceptors (Lipinski definition) is 1. The van der Waals surface area contributed by atoms with Crippen molar-refractivity contribution in [2.45, 2.75) is 39.3 Å². The van der Waals surface area contributed by atoms with Gasteiger partial charge >= 0.3 is 8.32 Å². The van der Waals surface area contributed by atoms with Gasteiger partial charge in [0.2, 0.25) is 0 Å². The molecule has 0 aliphatic rings. The first kappa shape index (κ1) is 16.5. The lowest BCUT2D eigenvalue weighted by molar-refractivity contribution is 0.428. The summed E-state index contributed by atoms with van der Waals surface area (Å²) in [6.45, 7) is 17.2. The van der Waals surface area contributed by atoms with E-state index in [0.29, 0.717) is 0 Å². The van der Waals surface area contributed by atoms with E-state index in [4.69, 9.17) is 4.43 Å². The van der Waals surface area contributed by atoms with Crippen LogP contribution in [0.3, 0.4) is 0 Å². The Balaban J connectivity index is 5.37. The molecule has 0 N–H and O–H groups in total. The maximum atomic E-state index is 5.60. The van der Waals surface area contributed by atoms with Crippen molar-refractivity contribution in [1.29, 1.82) is 0 Å². The molecular weight excluding hydrogens is 256 g/mol. The van der Waals surface area contributed by atoms with Gasteiger partial charge in [-0.25, -0.2) is 0 Å². The predicted molar refractivity (Wildman–Crippen MR) is 85.2 cm³/mol. The summed E-state index contributed by atoms with van der Waals surface area (Å²) in [5.41, 5.74) is 15.2. The van der Waals surface area contributed by atoms with Crippen molar-refractivity contribution in [2.75, 3.05) is 7.11 Å². The van der Waals surface area contributed by atoms with Crippen LogP contribution in [0.15, 0.2) is 12.3 Å². The van der Waals surface area contributed by atoms with Crippen molar-refractivity contribution < 1.29 is 4.43 Å². The molecule has 0 aliphatic carbocycles. The Morgan fingerprint density at radius 2 is 1.18 bits per heavy atom. The maximum Gasteiger partial charge on any atom is 0.377 e. The van der Waals surface area contributed by atoms with Crippen molar-refractivity contribution in [3.8, 4) is 22.2 Å². The van der Waals surface area contributed by atoms with E-state index in [-0.39, 0.29) is 0 Å². The van der Waals surface area contributed by atoms with Gasteiger partial charge in [0, 0.05) is 7.11 Å². The minimum atomic E-state index is -2.35. The van der Waals surface area contributed by atoms with Gasteiger partial charge in [-0.2, -0.15) is 0 Å². The van der Waals surface area contributed by atoms with Crippen LogP contribution in [0.5, 0.6) is 0 Å². The van der Waals surface area contributed by atoms with Crippen LogP contribution in [0.4, 0.5) is 0 Å². The van der Waals surface area contributed by atoms with Gasteiger partial charge in [0.15, 0.2) is 0 Å². The molecule has 0 aromatic heterocycles. The average Bonchev–Trinajstić information content (AvgIpc) is 2.16. The van der Waals surface area contributed by atoms with Gasteiger partial charge < -0.3 is 4.43 Å². The summed E-state index contributed by atoms with van der Waals surface area (Å²) in [6, 6.07) is 0. The zero-order valence-corrected chi connectivity index (χ0v) is 15.2. The lowest BCUT2D eigenvalue weighted by Crippen LogP contribution is -2.35. The second-order valence-corrected chi connectivity index (χ2v) is 18.4. The van der Waals surface area contributed by atoms with Gasteiger partial charge in [-0.3, -0.25) is 0 Å². The highest BCUT2D eigenvalue weighted by atomic mass is 28.4. The van der Waals surface area contributed by atoms with Gasteiger partial charge in [-0.1, -0.05) is 56.1 Å². The topological polar surface area (TPSA) is 9.23 Å². The Morgan fingerprint density at radius 3 is 1.35 bits per heavy atom. The Labute approximate surface area is 110 Å². The summed E-state index contributed by atoms with van der Waals surface area (Å²) in [6.07, 6.45) is 0. The molecule has 0 fully saturated rings. The molecule has 0 heterocycles. The van der Waals surface area contributed by atoms with Gasteiger partial charge in [-0.05, 0) is 0 Å². The van der Waals surface area contributed by atoms with Crippen LogP contribution < -0.4 is 0 Å². The Hall–Kier alpha value is -0.529. The zero-order chi connectivity index (χ0) is 13.7. The molecule has 0 radical (unpaired) electrons. The minimum absolute atomic E-state index is 1.39. The summed E-state index contributed by atoms with van der Waals surface area (Å²) in [4.78, 5) is 0. The number of rotatable bonds is 2. The molecule has 0 rings (SSSR count). The molecule has 0 saturated carbocycles. The fourth-order valence-corrected chi connectivity index (χ4v) is 6.00. The van der Waals surface area contributed by atoms with E-state index in [1.807, 2.05) is 5.70 Å². The third-order valence-corrected chi connectivity index (χ3v) is 6.32. The molecule has 94 valence electrons. The molecule has 0 bridgehead atoms. The zero-order valence-electron chi connectivity index (χ0n) is 12.2. The lowest BCUT2D eigenvalue weighted by atomic mass is 11.2. The van der Waals surface area contributed by atoms with Crippen LogP contribution >= 0.6 is 0 Å².